The number of rotatable bonds is 3. The number of para-hydroxylation sites is 1. The summed E-state index contributed by atoms with van der Waals surface area (Å²) >= 11 is 1.34. The molecule has 6 rings (SSSR count). The minimum atomic E-state index is -0.130. The summed E-state index contributed by atoms with van der Waals surface area (Å²) < 4.78 is 5.39. The number of carbonyl (C=O) groups excluding carboxylic acids is 1. The van der Waals surface area contributed by atoms with E-state index in [0.29, 0.717) is 18.2 Å². The summed E-state index contributed by atoms with van der Waals surface area (Å²) in [5.41, 5.74) is 3.56. The number of amides is 1. The largest absolute Gasteiger partial charge is 0.381 e. The highest BCUT2D eigenvalue weighted by molar-refractivity contribution is 7.20. The molecule has 2 fully saturated rings. The zero-order valence-electron chi connectivity index (χ0n) is 17.3. The number of fused-ring (bicyclic) bond motifs is 3. The molecule has 1 aromatic carbocycles. The van der Waals surface area contributed by atoms with Crippen molar-refractivity contribution in [3.05, 3.63) is 41.2 Å². The maximum atomic E-state index is 12.9. The minimum Gasteiger partial charge on any atom is -0.381 e. The number of nitrogens with one attached hydrogen (secondary N) is 1. The molecular weight excluding hydrogens is 410 g/mol. The molecule has 2 aromatic heterocycles. The van der Waals surface area contributed by atoms with E-state index in [1.54, 1.807) is 6.33 Å². The summed E-state index contributed by atoms with van der Waals surface area (Å²) in [5.74, 6) is 0.678. The normalized spacial score (nSPS) is 20.5. The molecule has 1 amide bonds. The second-order valence-corrected chi connectivity index (χ2v) is 9.80. The first-order chi connectivity index (χ1) is 15.2. The van der Waals surface area contributed by atoms with Crippen LogP contribution < -0.4 is 10.2 Å². The van der Waals surface area contributed by atoms with Crippen molar-refractivity contribution in [3.8, 4) is 0 Å². The summed E-state index contributed by atoms with van der Waals surface area (Å²) in [5, 5.41) is 3.56. The molecule has 1 N–H and O–H groups in total. The molecule has 7 nitrogen and oxygen atoms in total. The number of nitrogens with zero attached hydrogens (tertiary/aromatic N) is 4. The molecule has 3 aromatic rings. The topological polar surface area (TPSA) is 80.2 Å². The van der Waals surface area contributed by atoms with Crippen LogP contribution in [0.3, 0.4) is 0 Å². The summed E-state index contributed by atoms with van der Waals surface area (Å²) in [6.45, 7) is 2.30. The lowest BCUT2D eigenvalue weighted by atomic mass is 9.81. The van der Waals surface area contributed by atoms with Crippen LogP contribution in [0.2, 0.25) is 0 Å². The van der Waals surface area contributed by atoms with Gasteiger partial charge in [-0.15, -0.1) is 0 Å². The van der Waals surface area contributed by atoms with Crippen LogP contribution in [0.1, 0.15) is 53.9 Å². The van der Waals surface area contributed by atoms with Crippen molar-refractivity contribution in [2.24, 2.45) is 0 Å². The fraction of sp³-hybridized carbons (Fsp3) is 0.478. The van der Waals surface area contributed by atoms with E-state index in [-0.39, 0.29) is 17.4 Å². The van der Waals surface area contributed by atoms with Crippen LogP contribution in [0.25, 0.3) is 10.3 Å². The third-order valence-electron chi connectivity index (χ3n) is 6.97. The number of anilines is 2. The number of benzene rings is 1. The number of hydrogen-bond acceptors (Lipinski definition) is 7. The molecule has 8 heteroatoms. The molecule has 0 bridgehead atoms. The van der Waals surface area contributed by atoms with Crippen LogP contribution in [-0.4, -0.2) is 46.7 Å². The Hall–Kier alpha value is -2.58. The van der Waals surface area contributed by atoms with Crippen molar-refractivity contribution < 1.29 is 9.53 Å². The van der Waals surface area contributed by atoms with E-state index >= 15 is 0 Å². The van der Waals surface area contributed by atoms with Gasteiger partial charge >= 0.3 is 0 Å². The molecule has 0 unspecified atom stereocenters. The van der Waals surface area contributed by atoms with E-state index in [1.165, 1.54) is 48.3 Å². The fourth-order valence-corrected chi connectivity index (χ4v) is 6.23. The highest BCUT2D eigenvalue weighted by Crippen LogP contribution is 2.52. The second-order valence-electron chi connectivity index (χ2n) is 8.82. The first-order valence-corrected chi connectivity index (χ1v) is 11.9. The van der Waals surface area contributed by atoms with E-state index in [1.807, 2.05) is 0 Å². The quantitative estimate of drug-likeness (QED) is 0.671. The molecule has 160 valence electrons. The molecular formula is C23H25N5O2S. The van der Waals surface area contributed by atoms with Gasteiger partial charge < -0.3 is 15.0 Å². The van der Waals surface area contributed by atoms with Gasteiger partial charge in [-0.2, -0.15) is 0 Å². The van der Waals surface area contributed by atoms with Gasteiger partial charge in [0.15, 0.2) is 10.8 Å². The monoisotopic (exact) mass is 435 g/mol. The van der Waals surface area contributed by atoms with Crippen molar-refractivity contribution in [1.29, 1.82) is 0 Å². The van der Waals surface area contributed by atoms with E-state index < -0.39 is 0 Å². The average molecular weight is 436 g/mol. The predicted molar refractivity (Wildman–Crippen MR) is 120 cm³/mol. The van der Waals surface area contributed by atoms with E-state index in [4.69, 9.17) is 9.72 Å². The number of ether oxygens (including phenoxy) is 1. The van der Waals surface area contributed by atoms with Crippen molar-refractivity contribution in [2.45, 2.75) is 50.0 Å². The van der Waals surface area contributed by atoms with E-state index in [2.05, 4.69) is 44.5 Å². The van der Waals surface area contributed by atoms with Crippen molar-refractivity contribution >= 4 is 39.1 Å². The lowest BCUT2D eigenvalue weighted by Crippen LogP contribution is -2.38. The van der Waals surface area contributed by atoms with Gasteiger partial charge in [0.25, 0.3) is 5.91 Å². The van der Waals surface area contributed by atoms with Gasteiger partial charge in [0.05, 0.1) is 0 Å². The Morgan fingerprint density at radius 2 is 1.97 bits per heavy atom. The van der Waals surface area contributed by atoms with Crippen molar-refractivity contribution in [1.82, 2.24) is 20.3 Å². The van der Waals surface area contributed by atoms with Crippen LogP contribution >= 0.6 is 11.3 Å². The van der Waals surface area contributed by atoms with Gasteiger partial charge in [0.2, 0.25) is 0 Å². The number of hydrogen-bond donors (Lipinski definition) is 1. The van der Waals surface area contributed by atoms with Crippen LogP contribution in [0.5, 0.6) is 0 Å². The van der Waals surface area contributed by atoms with Crippen LogP contribution in [0, 0.1) is 0 Å². The van der Waals surface area contributed by atoms with E-state index in [0.717, 1.165) is 35.6 Å². The van der Waals surface area contributed by atoms with Crippen molar-refractivity contribution in [2.75, 3.05) is 24.7 Å². The zero-order chi connectivity index (χ0) is 20.8. The summed E-state index contributed by atoms with van der Waals surface area (Å²) in [6.07, 6.45) is 8.25. The maximum absolute atomic E-state index is 12.9. The molecule has 1 aliphatic carbocycles. The predicted octanol–water partition coefficient (Wildman–Crippen LogP) is 3.96. The Bertz CT molecular complexity index is 1130. The zero-order valence-corrected chi connectivity index (χ0v) is 18.2. The molecule has 1 saturated carbocycles. The molecule has 1 saturated heterocycles. The summed E-state index contributed by atoms with van der Waals surface area (Å²) in [4.78, 5) is 29.7. The number of aromatic nitrogens is 3. The Morgan fingerprint density at radius 3 is 2.81 bits per heavy atom. The first-order valence-electron chi connectivity index (χ1n) is 11.1. The van der Waals surface area contributed by atoms with Crippen LogP contribution in [0.4, 0.5) is 11.5 Å². The Labute approximate surface area is 184 Å². The molecule has 1 spiro atoms. The molecule has 0 radical (unpaired) electrons. The molecule has 31 heavy (non-hydrogen) atoms. The molecule has 3 aliphatic rings. The van der Waals surface area contributed by atoms with E-state index in [9.17, 15) is 4.79 Å². The lowest BCUT2D eigenvalue weighted by Gasteiger charge is -2.25. The average Bonchev–Trinajstić information content (AvgIpc) is 3.53. The minimum absolute atomic E-state index is 0.130. The Morgan fingerprint density at radius 1 is 1.16 bits per heavy atom. The van der Waals surface area contributed by atoms with Crippen LogP contribution in [0.15, 0.2) is 30.6 Å². The lowest BCUT2D eigenvalue weighted by molar-refractivity contribution is 0.0696. The number of carbonyl (C=O) groups is 1. The Kier molecular flexibility index (Phi) is 4.65. The van der Waals surface area contributed by atoms with Gasteiger partial charge in [-0.1, -0.05) is 42.4 Å². The van der Waals surface area contributed by atoms with Gasteiger partial charge in [-0.05, 0) is 37.3 Å². The first kappa shape index (κ1) is 19.1. The van der Waals surface area contributed by atoms with Crippen LogP contribution in [-0.2, 0) is 10.2 Å². The Balaban J connectivity index is 1.36. The summed E-state index contributed by atoms with van der Waals surface area (Å²) in [6, 6.07) is 8.83. The number of thiazole rings is 1. The highest BCUT2D eigenvalue weighted by Gasteiger charge is 2.45. The third kappa shape index (κ3) is 3.20. The second kappa shape index (κ2) is 7.53. The van der Waals surface area contributed by atoms with Gasteiger partial charge in [-0.25, -0.2) is 15.0 Å². The highest BCUT2D eigenvalue weighted by atomic mass is 32.1. The van der Waals surface area contributed by atoms with Crippen molar-refractivity contribution in [3.63, 3.8) is 0 Å². The molecule has 4 heterocycles. The SMILES string of the molecule is O=C(NC1CCOCC1)c1nc2c(N3CC4(CCCC4)c4ccccc43)ncnc2s1. The maximum Gasteiger partial charge on any atom is 0.280 e. The summed E-state index contributed by atoms with van der Waals surface area (Å²) in [7, 11) is 0. The standard InChI is InChI=1S/C23H25N5O2S/c29-20(26-15-7-11-30-12-8-15)22-27-18-19(24-14-25-21(18)31-22)28-13-23(9-3-4-10-23)16-5-1-2-6-17(16)28/h1-2,5-6,14-15H,3-4,7-13H2,(H,26,29). The third-order valence-corrected chi connectivity index (χ3v) is 7.93. The van der Waals surface area contributed by atoms with Gasteiger partial charge in [0, 0.05) is 36.9 Å². The molecule has 0 atom stereocenters. The smallest absolute Gasteiger partial charge is 0.280 e. The van der Waals surface area contributed by atoms with Gasteiger partial charge in [0.1, 0.15) is 16.7 Å². The fourth-order valence-electron chi connectivity index (χ4n) is 5.42. The van der Waals surface area contributed by atoms with Gasteiger partial charge in [-0.3, -0.25) is 4.79 Å². The molecule has 2 aliphatic heterocycles.